The molecule has 0 aliphatic rings. The molecule has 0 unspecified atom stereocenters. The highest BCUT2D eigenvalue weighted by Crippen LogP contribution is 2.25. The van der Waals surface area contributed by atoms with Gasteiger partial charge in [0.1, 0.15) is 23.9 Å². The molecule has 2 aromatic carbocycles. The van der Waals surface area contributed by atoms with Crippen LogP contribution in [0.25, 0.3) is 5.69 Å². The maximum atomic E-state index is 14.5. The molecule has 1 amide bonds. The number of hydrogen-bond donors (Lipinski definition) is 1. The minimum Gasteiger partial charge on any atom is -0.497 e. The maximum Gasteiger partial charge on any atom is 0.230 e. The van der Waals surface area contributed by atoms with Crippen LogP contribution in [-0.4, -0.2) is 40.1 Å². The molecule has 1 aromatic heterocycles. The standard InChI is InChI=1S/C21H20FN5O3S/c1-29-15-7-9-16(10-8-15)30-13-19-25-26-21(31-14-20(28)24-12-4-11-23)27(19)18-6-3-2-5-17(18)22/h2-3,5-10H,4,12-14H2,1H3,(H,24,28). The summed E-state index contributed by atoms with van der Waals surface area (Å²) in [6.07, 6.45) is 0.231. The fourth-order valence-electron chi connectivity index (χ4n) is 2.62. The summed E-state index contributed by atoms with van der Waals surface area (Å²) in [6, 6.07) is 15.2. The number of aromatic nitrogens is 3. The number of amides is 1. The van der Waals surface area contributed by atoms with Gasteiger partial charge in [-0.2, -0.15) is 5.26 Å². The number of hydrogen-bond acceptors (Lipinski definition) is 7. The molecule has 0 radical (unpaired) electrons. The lowest BCUT2D eigenvalue weighted by Crippen LogP contribution is -2.26. The zero-order valence-corrected chi connectivity index (χ0v) is 17.6. The topological polar surface area (TPSA) is 102 Å². The summed E-state index contributed by atoms with van der Waals surface area (Å²) in [6.45, 7) is 0.319. The lowest BCUT2D eigenvalue weighted by atomic mass is 10.3. The molecule has 10 heteroatoms. The molecular weight excluding hydrogens is 421 g/mol. The summed E-state index contributed by atoms with van der Waals surface area (Å²) >= 11 is 1.12. The van der Waals surface area contributed by atoms with E-state index in [0.717, 1.165) is 11.8 Å². The van der Waals surface area contributed by atoms with Gasteiger partial charge in [-0.25, -0.2) is 4.39 Å². The summed E-state index contributed by atoms with van der Waals surface area (Å²) in [5.41, 5.74) is 0.258. The quantitative estimate of drug-likeness (QED) is 0.381. The van der Waals surface area contributed by atoms with Crippen molar-refractivity contribution in [3.05, 3.63) is 60.2 Å². The van der Waals surface area contributed by atoms with Crippen molar-refractivity contribution < 1.29 is 18.7 Å². The van der Waals surface area contributed by atoms with Crippen LogP contribution in [0.4, 0.5) is 4.39 Å². The number of halogens is 1. The first-order valence-corrected chi connectivity index (χ1v) is 10.3. The molecule has 3 rings (SSSR count). The Labute approximate surface area is 183 Å². The molecule has 0 aliphatic heterocycles. The van der Waals surface area contributed by atoms with Crippen LogP contribution in [0.3, 0.4) is 0 Å². The number of carbonyl (C=O) groups excluding carboxylic acids is 1. The summed E-state index contributed by atoms with van der Waals surface area (Å²) in [7, 11) is 1.58. The molecule has 1 heterocycles. The summed E-state index contributed by atoms with van der Waals surface area (Å²) < 4.78 is 27.0. The van der Waals surface area contributed by atoms with E-state index in [1.807, 2.05) is 6.07 Å². The molecule has 0 saturated carbocycles. The van der Waals surface area contributed by atoms with Gasteiger partial charge in [0, 0.05) is 6.54 Å². The molecular formula is C21H20FN5O3S. The van der Waals surface area contributed by atoms with E-state index in [1.165, 1.54) is 10.6 Å². The van der Waals surface area contributed by atoms with Crippen molar-refractivity contribution in [3.63, 3.8) is 0 Å². The van der Waals surface area contributed by atoms with Gasteiger partial charge in [-0.05, 0) is 36.4 Å². The van der Waals surface area contributed by atoms with Crippen LogP contribution in [0.15, 0.2) is 53.7 Å². The first-order valence-electron chi connectivity index (χ1n) is 9.35. The van der Waals surface area contributed by atoms with E-state index in [0.29, 0.717) is 22.5 Å². The largest absolute Gasteiger partial charge is 0.497 e. The third-order valence-electron chi connectivity index (χ3n) is 4.11. The number of methoxy groups -OCH3 is 1. The number of nitrogens with zero attached hydrogens (tertiary/aromatic N) is 4. The van der Waals surface area contributed by atoms with Crippen LogP contribution in [0.2, 0.25) is 0 Å². The van der Waals surface area contributed by atoms with Crippen molar-refractivity contribution in [2.75, 3.05) is 19.4 Å². The monoisotopic (exact) mass is 441 g/mol. The second kappa shape index (κ2) is 11.0. The number of benzene rings is 2. The SMILES string of the molecule is COc1ccc(OCc2nnc(SCC(=O)NCCC#N)n2-c2ccccc2F)cc1. The molecule has 0 bridgehead atoms. The zero-order chi connectivity index (χ0) is 22.1. The fraction of sp³-hybridized carbons (Fsp3) is 0.238. The van der Waals surface area contributed by atoms with Crippen LogP contribution >= 0.6 is 11.8 Å². The molecule has 8 nitrogen and oxygen atoms in total. The number of rotatable bonds is 10. The van der Waals surface area contributed by atoms with Crippen molar-refractivity contribution in [2.24, 2.45) is 0 Å². The minimum absolute atomic E-state index is 0.0442. The highest BCUT2D eigenvalue weighted by atomic mass is 32.2. The number of ether oxygens (including phenoxy) is 2. The lowest BCUT2D eigenvalue weighted by molar-refractivity contribution is -0.118. The van der Waals surface area contributed by atoms with Crippen molar-refractivity contribution >= 4 is 17.7 Å². The predicted molar refractivity (Wildman–Crippen MR) is 113 cm³/mol. The number of carbonyl (C=O) groups is 1. The molecule has 1 N–H and O–H groups in total. The van der Waals surface area contributed by atoms with E-state index in [1.54, 1.807) is 49.6 Å². The molecule has 0 atom stereocenters. The van der Waals surface area contributed by atoms with Crippen LogP contribution in [0.5, 0.6) is 11.5 Å². The Balaban J connectivity index is 1.78. The number of para-hydroxylation sites is 1. The fourth-order valence-corrected chi connectivity index (χ4v) is 3.41. The zero-order valence-electron chi connectivity index (χ0n) is 16.7. The number of nitrogens with one attached hydrogen (secondary N) is 1. The third-order valence-corrected chi connectivity index (χ3v) is 5.04. The Morgan fingerprint density at radius 2 is 1.94 bits per heavy atom. The predicted octanol–water partition coefficient (Wildman–Crippen LogP) is 3.12. The van der Waals surface area contributed by atoms with Crippen molar-refractivity contribution in [3.8, 4) is 23.3 Å². The molecule has 0 saturated heterocycles. The van der Waals surface area contributed by atoms with Gasteiger partial charge in [-0.15, -0.1) is 10.2 Å². The van der Waals surface area contributed by atoms with Crippen molar-refractivity contribution in [2.45, 2.75) is 18.2 Å². The summed E-state index contributed by atoms with van der Waals surface area (Å²) in [5.74, 6) is 1.03. The maximum absolute atomic E-state index is 14.5. The minimum atomic E-state index is -0.451. The van der Waals surface area contributed by atoms with Gasteiger partial charge in [0.05, 0.1) is 31.0 Å². The number of thioether (sulfide) groups is 1. The average Bonchev–Trinajstić information content (AvgIpc) is 3.19. The van der Waals surface area contributed by atoms with Crippen LogP contribution in [0.1, 0.15) is 12.2 Å². The second-order valence-electron chi connectivity index (χ2n) is 6.20. The average molecular weight is 441 g/mol. The Bertz CT molecular complexity index is 1070. The first kappa shape index (κ1) is 22.1. The van der Waals surface area contributed by atoms with Gasteiger partial charge in [-0.1, -0.05) is 23.9 Å². The van der Waals surface area contributed by atoms with E-state index in [4.69, 9.17) is 14.7 Å². The first-order chi connectivity index (χ1) is 15.1. The van der Waals surface area contributed by atoms with Gasteiger partial charge in [0.15, 0.2) is 11.0 Å². The van der Waals surface area contributed by atoms with E-state index in [9.17, 15) is 9.18 Å². The van der Waals surface area contributed by atoms with Crippen LogP contribution in [-0.2, 0) is 11.4 Å². The van der Waals surface area contributed by atoms with Gasteiger partial charge in [-0.3, -0.25) is 9.36 Å². The smallest absolute Gasteiger partial charge is 0.230 e. The third kappa shape index (κ3) is 5.96. The van der Waals surface area contributed by atoms with Gasteiger partial charge < -0.3 is 14.8 Å². The van der Waals surface area contributed by atoms with Gasteiger partial charge in [0.2, 0.25) is 5.91 Å². The van der Waals surface area contributed by atoms with Crippen molar-refractivity contribution in [1.29, 1.82) is 5.26 Å². The molecule has 160 valence electrons. The Morgan fingerprint density at radius 3 is 2.65 bits per heavy atom. The Hall–Kier alpha value is -3.58. The molecule has 0 spiro atoms. The normalized spacial score (nSPS) is 10.4. The van der Waals surface area contributed by atoms with Crippen molar-refractivity contribution in [1.82, 2.24) is 20.1 Å². The van der Waals surface area contributed by atoms with E-state index in [-0.39, 0.29) is 36.9 Å². The number of nitriles is 1. The Kier molecular flexibility index (Phi) is 7.84. The molecule has 0 fully saturated rings. The summed E-state index contributed by atoms with van der Waals surface area (Å²) in [5, 5.41) is 19.8. The van der Waals surface area contributed by atoms with E-state index < -0.39 is 5.82 Å². The molecule has 0 aliphatic carbocycles. The Morgan fingerprint density at radius 1 is 1.19 bits per heavy atom. The summed E-state index contributed by atoms with van der Waals surface area (Å²) in [4.78, 5) is 12.0. The van der Waals surface area contributed by atoms with Crippen LogP contribution < -0.4 is 14.8 Å². The highest BCUT2D eigenvalue weighted by molar-refractivity contribution is 7.99. The van der Waals surface area contributed by atoms with Gasteiger partial charge >= 0.3 is 0 Å². The van der Waals surface area contributed by atoms with E-state index in [2.05, 4.69) is 15.5 Å². The molecule has 31 heavy (non-hydrogen) atoms. The van der Waals surface area contributed by atoms with E-state index >= 15 is 0 Å². The highest BCUT2D eigenvalue weighted by Gasteiger charge is 2.18. The van der Waals surface area contributed by atoms with Gasteiger partial charge in [0.25, 0.3) is 0 Å². The molecule has 3 aromatic rings. The van der Waals surface area contributed by atoms with Crippen LogP contribution in [0, 0.1) is 17.1 Å². The lowest BCUT2D eigenvalue weighted by Gasteiger charge is -2.12. The second-order valence-corrected chi connectivity index (χ2v) is 7.14.